The van der Waals surface area contributed by atoms with Crippen LogP contribution in [-0.2, 0) is 9.53 Å². The van der Waals surface area contributed by atoms with Gasteiger partial charge < -0.3 is 9.64 Å². The first-order valence-electron chi connectivity index (χ1n) is 8.34. The quantitative estimate of drug-likeness (QED) is 0.722. The van der Waals surface area contributed by atoms with Crippen LogP contribution in [-0.4, -0.2) is 30.5 Å². The number of amides is 1. The van der Waals surface area contributed by atoms with E-state index in [0.717, 1.165) is 50.6 Å². The smallest absolute Gasteiger partial charge is 0.219 e. The average Bonchev–Trinajstić information content (AvgIpc) is 2.47. The minimum atomic E-state index is 0.219. The number of likely N-dealkylation sites (tertiary alicyclic amines) is 1. The number of nitrogens with zero attached hydrogens (tertiary/aromatic N) is 1. The van der Waals surface area contributed by atoms with Crippen molar-refractivity contribution in [3.63, 3.8) is 0 Å². The van der Waals surface area contributed by atoms with E-state index in [1.165, 1.54) is 6.42 Å². The van der Waals surface area contributed by atoms with E-state index in [0.29, 0.717) is 11.8 Å². The largest absolute Gasteiger partial charge is 0.494 e. The summed E-state index contributed by atoms with van der Waals surface area (Å²) in [5.74, 6) is 3.20. The fourth-order valence-corrected chi connectivity index (χ4v) is 3.08. The molecule has 1 fully saturated rings. The predicted molar refractivity (Wildman–Crippen MR) is 85.7 cm³/mol. The summed E-state index contributed by atoms with van der Waals surface area (Å²) in [4.78, 5) is 13.2. The predicted octanol–water partition coefficient (Wildman–Crippen LogP) is 3.77. The lowest BCUT2D eigenvalue weighted by atomic mass is 9.91. The Hall–Kier alpha value is -1.25. The maximum absolute atomic E-state index is 11.3. The molecule has 1 amide bonds. The number of allylic oxidation sites excluding steroid dienone is 3. The van der Waals surface area contributed by atoms with E-state index < -0.39 is 0 Å². The molecule has 0 unspecified atom stereocenters. The van der Waals surface area contributed by atoms with Gasteiger partial charge >= 0.3 is 0 Å². The van der Waals surface area contributed by atoms with Crippen LogP contribution in [0, 0.1) is 17.8 Å². The van der Waals surface area contributed by atoms with E-state index in [-0.39, 0.29) is 5.91 Å². The number of rotatable bonds is 5. The third-order valence-electron chi connectivity index (χ3n) is 4.91. The summed E-state index contributed by atoms with van der Waals surface area (Å²) in [6, 6.07) is 0. The first kappa shape index (κ1) is 16.1. The molecule has 3 nitrogen and oxygen atoms in total. The second-order valence-corrected chi connectivity index (χ2v) is 6.59. The zero-order valence-corrected chi connectivity index (χ0v) is 13.7. The summed E-state index contributed by atoms with van der Waals surface area (Å²) in [5.41, 5.74) is 0. The molecule has 2 aliphatic rings. The monoisotopic (exact) mass is 291 g/mol. The van der Waals surface area contributed by atoms with Gasteiger partial charge in [0.25, 0.3) is 0 Å². The normalized spacial score (nSPS) is 26.6. The van der Waals surface area contributed by atoms with Crippen LogP contribution in [0.2, 0.25) is 0 Å². The van der Waals surface area contributed by atoms with E-state index in [4.69, 9.17) is 4.74 Å². The molecule has 3 heteroatoms. The van der Waals surface area contributed by atoms with Gasteiger partial charge in [0, 0.05) is 20.0 Å². The van der Waals surface area contributed by atoms with Crippen LogP contribution in [0.4, 0.5) is 0 Å². The van der Waals surface area contributed by atoms with Gasteiger partial charge in [0.05, 0.1) is 6.61 Å². The fourth-order valence-electron chi connectivity index (χ4n) is 3.08. The first-order chi connectivity index (χ1) is 10.1. The minimum absolute atomic E-state index is 0.219. The second-order valence-electron chi connectivity index (χ2n) is 6.59. The third kappa shape index (κ3) is 4.90. The molecule has 1 aliphatic heterocycles. The molecular formula is C18H29NO2. The summed E-state index contributed by atoms with van der Waals surface area (Å²) in [6.07, 6.45) is 11.2. The Balaban J connectivity index is 1.60. The summed E-state index contributed by atoms with van der Waals surface area (Å²) < 4.78 is 5.86. The molecule has 0 N–H and O–H groups in total. The van der Waals surface area contributed by atoms with Gasteiger partial charge in [0.2, 0.25) is 5.91 Å². The lowest BCUT2D eigenvalue weighted by Gasteiger charge is -2.31. The Morgan fingerprint density at radius 3 is 2.62 bits per heavy atom. The molecule has 2 rings (SSSR count). The van der Waals surface area contributed by atoms with Crippen molar-refractivity contribution in [2.75, 3.05) is 19.7 Å². The van der Waals surface area contributed by atoms with Gasteiger partial charge in [0.1, 0.15) is 5.76 Å². The molecule has 0 aromatic heterocycles. The minimum Gasteiger partial charge on any atom is -0.494 e. The Labute approximate surface area is 129 Å². The van der Waals surface area contributed by atoms with Crippen molar-refractivity contribution in [1.82, 2.24) is 4.90 Å². The Bertz CT molecular complexity index is 405. The lowest BCUT2D eigenvalue weighted by molar-refractivity contribution is -0.130. The zero-order valence-electron chi connectivity index (χ0n) is 13.7. The average molecular weight is 291 g/mol. The molecule has 1 heterocycles. The molecule has 0 radical (unpaired) electrons. The van der Waals surface area contributed by atoms with E-state index in [1.54, 1.807) is 6.92 Å². The topological polar surface area (TPSA) is 29.5 Å². The Morgan fingerprint density at radius 2 is 2.00 bits per heavy atom. The zero-order chi connectivity index (χ0) is 15.2. The van der Waals surface area contributed by atoms with E-state index in [2.05, 4.69) is 32.1 Å². The van der Waals surface area contributed by atoms with Gasteiger partial charge in [-0.25, -0.2) is 0 Å². The number of carbonyl (C=O) groups excluding carboxylic acids is 1. The van der Waals surface area contributed by atoms with Crippen LogP contribution < -0.4 is 0 Å². The summed E-state index contributed by atoms with van der Waals surface area (Å²) >= 11 is 0. The van der Waals surface area contributed by atoms with E-state index >= 15 is 0 Å². The van der Waals surface area contributed by atoms with Gasteiger partial charge in [-0.05, 0) is 55.6 Å². The van der Waals surface area contributed by atoms with Crippen LogP contribution in [0.5, 0.6) is 0 Å². The molecule has 0 spiro atoms. The van der Waals surface area contributed by atoms with Crippen molar-refractivity contribution in [3.05, 3.63) is 24.0 Å². The summed E-state index contributed by atoms with van der Waals surface area (Å²) in [7, 11) is 0. The molecule has 1 saturated heterocycles. The van der Waals surface area contributed by atoms with Gasteiger partial charge in [-0.1, -0.05) is 19.9 Å². The maximum atomic E-state index is 11.3. The summed E-state index contributed by atoms with van der Waals surface area (Å²) in [5, 5.41) is 0. The molecule has 118 valence electrons. The number of ether oxygens (including phenoxy) is 1. The van der Waals surface area contributed by atoms with Crippen molar-refractivity contribution in [1.29, 1.82) is 0 Å². The standard InChI is InChI=1S/C18H29NO2/c1-14-6-7-18(13-15(14)2)21-12-4-5-17-8-10-19(11-9-17)16(3)20/h6-7,13-15,17H,4-5,8-12H2,1-3H3/t14-,15+/m0/s1. The van der Waals surface area contributed by atoms with Crippen molar-refractivity contribution in [3.8, 4) is 0 Å². The molecule has 0 bridgehead atoms. The molecule has 21 heavy (non-hydrogen) atoms. The Morgan fingerprint density at radius 1 is 1.29 bits per heavy atom. The van der Waals surface area contributed by atoms with Crippen LogP contribution in [0.1, 0.15) is 46.5 Å². The van der Waals surface area contributed by atoms with Crippen molar-refractivity contribution in [2.45, 2.75) is 46.5 Å². The highest BCUT2D eigenvalue weighted by molar-refractivity contribution is 5.73. The van der Waals surface area contributed by atoms with Crippen LogP contribution in [0.3, 0.4) is 0 Å². The van der Waals surface area contributed by atoms with E-state index in [9.17, 15) is 4.79 Å². The Kier molecular flexibility index (Phi) is 5.89. The third-order valence-corrected chi connectivity index (χ3v) is 4.91. The number of carbonyl (C=O) groups is 1. The first-order valence-corrected chi connectivity index (χ1v) is 8.34. The SMILES string of the molecule is CC(=O)N1CCC(CCCOC2=C[C@@H](C)[C@@H](C)C=C2)CC1. The number of hydrogen-bond acceptors (Lipinski definition) is 2. The highest BCUT2D eigenvalue weighted by Gasteiger charge is 2.20. The molecule has 0 saturated carbocycles. The molecule has 0 aromatic rings. The number of hydrogen-bond donors (Lipinski definition) is 0. The molecule has 1 aliphatic carbocycles. The van der Waals surface area contributed by atoms with Crippen molar-refractivity contribution < 1.29 is 9.53 Å². The van der Waals surface area contributed by atoms with Crippen molar-refractivity contribution in [2.24, 2.45) is 17.8 Å². The highest BCUT2D eigenvalue weighted by atomic mass is 16.5. The summed E-state index contributed by atoms with van der Waals surface area (Å²) in [6.45, 7) is 8.82. The second kappa shape index (κ2) is 7.67. The van der Waals surface area contributed by atoms with Crippen molar-refractivity contribution >= 4 is 5.91 Å². The highest BCUT2D eigenvalue weighted by Crippen LogP contribution is 2.24. The van der Waals surface area contributed by atoms with Crippen LogP contribution in [0.25, 0.3) is 0 Å². The molecular weight excluding hydrogens is 262 g/mol. The number of piperidine rings is 1. The van der Waals surface area contributed by atoms with Gasteiger partial charge in [-0.15, -0.1) is 0 Å². The van der Waals surface area contributed by atoms with E-state index in [1.807, 2.05) is 4.90 Å². The lowest BCUT2D eigenvalue weighted by Crippen LogP contribution is -2.36. The van der Waals surface area contributed by atoms with Gasteiger partial charge in [0.15, 0.2) is 0 Å². The van der Waals surface area contributed by atoms with Crippen LogP contribution >= 0.6 is 0 Å². The molecule has 2 atom stereocenters. The molecule has 0 aromatic carbocycles. The fraction of sp³-hybridized carbons (Fsp3) is 0.722. The van der Waals surface area contributed by atoms with Gasteiger partial charge in [-0.2, -0.15) is 0 Å². The van der Waals surface area contributed by atoms with Gasteiger partial charge in [-0.3, -0.25) is 4.79 Å². The van der Waals surface area contributed by atoms with Crippen LogP contribution in [0.15, 0.2) is 24.0 Å². The maximum Gasteiger partial charge on any atom is 0.219 e.